The summed E-state index contributed by atoms with van der Waals surface area (Å²) in [5.41, 5.74) is 11.7. The fraction of sp³-hybridized carbons (Fsp3) is 0.583. The Kier molecular flexibility index (Phi) is 3.69. The molecule has 2 rings (SSSR count). The highest BCUT2D eigenvalue weighted by molar-refractivity contribution is 14.1. The maximum Gasteiger partial charge on any atom is 0.315 e. The number of nitrogens with zero attached hydrogens (tertiary/aromatic N) is 3. The molecule has 4 N–H and O–H groups in total. The van der Waals surface area contributed by atoms with Gasteiger partial charge in [0.05, 0.1) is 23.8 Å². The van der Waals surface area contributed by atoms with Crippen LogP contribution in [-0.4, -0.2) is 33.2 Å². The van der Waals surface area contributed by atoms with Crippen LogP contribution in [0.2, 0.25) is 0 Å². The zero-order valence-electron chi connectivity index (χ0n) is 11.7. The topological polar surface area (TPSA) is 107 Å². The second-order valence-electron chi connectivity index (χ2n) is 5.94. The van der Waals surface area contributed by atoms with Crippen molar-refractivity contribution in [1.82, 2.24) is 14.7 Å². The Bertz CT molecular complexity index is 575. The molecule has 2 heterocycles. The number of urea groups is 1. The molecule has 8 heteroatoms. The Labute approximate surface area is 130 Å². The number of primary amides is 2. The van der Waals surface area contributed by atoms with Crippen molar-refractivity contribution in [2.24, 2.45) is 16.9 Å². The van der Waals surface area contributed by atoms with Gasteiger partial charge in [0.15, 0.2) is 0 Å². The van der Waals surface area contributed by atoms with Crippen LogP contribution >= 0.6 is 22.6 Å². The Hall–Kier alpha value is -1.32. The van der Waals surface area contributed by atoms with Gasteiger partial charge in [-0.2, -0.15) is 5.10 Å². The van der Waals surface area contributed by atoms with E-state index in [0.29, 0.717) is 28.0 Å². The SMILES string of the molecule is CC(C)(C)C1c2c(C(N)=O)c(I)nn2CCN1C(N)=O. The first-order valence-electron chi connectivity index (χ1n) is 6.26. The molecule has 1 atom stereocenters. The second-order valence-corrected chi connectivity index (χ2v) is 6.96. The molecular formula is C12H18IN5O2. The van der Waals surface area contributed by atoms with Gasteiger partial charge in [0.1, 0.15) is 3.70 Å². The summed E-state index contributed by atoms with van der Waals surface area (Å²) in [5, 5.41) is 4.35. The number of nitrogens with two attached hydrogens (primary N) is 2. The molecule has 0 bridgehead atoms. The fourth-order valence-electron chi connectivity index (χ4n) is 2.72. The van der Waals surface area contributed by atoms with Crippen molar-refractivity contribution in [2.45, 2.75) is 33.4 Å². The highest BCUT2D eigenvalue weighted by atomic mass is 127. The van der Waals surface area contributed by atoms with Gasteiger partial charge in [-0.15, -0.1) is 0 Å². The first kappa shape index (κ1) is 15.1. The van der Waals surface area contributed by atoms with Crippen LogP contribution in [0.25, 0.3) is 0 Å². The molecule has 0 saturated carbocycles. The van der Waals surface area contributed by atoms with Crippen molar-refractivity contribution in [2.75, 3.05) is 6.54 Å². The van der Waals surface area contributed by atoms with Gasteiger partial charge < -0.3 is 16.4 Å². The van der Waals surface area contributed by atoms with Crippen LogP contribution in [0.4, 0.5) is 4.79 Å². The Balaban J connectivity index is 2.68. The lowest BCUT2D eigenvalue weighted by molar-refractivity contribution is 0.0899. The van der Waals surface area contributed by atoms with Crippen molar-refractivity contribution < 1.29 is 9.59 Å². The van der Waals surface area contributed by atoms with E-state index in [-0.39, 0.29) is 11.5 Å². The summed E-state index contributed by atoms with van der Waals surface area (Å²) in [6.07, 6.45) is 0. The number of halogens is 1. The van der Waals surface area contributed by atoms with E-state index in [4.69, 9.17) is 11.5 Å². The average molecular weight is 391 g/mol. The van der Waals surface area contributed by atoms with Gasteiger partial charge in [-0.25, -0.2) is 4.79 Å². The van der Waals surface area contributed by atoms with E-state index in [2.05, 4.69) is 5.10 Å². The summed E-state index contributed by atoms with van der Waals surface area (Å²) in [4.78, 5) is 25.0. The van der Waals surface area contributed by atoms with Gasteiger partial charge >= 0.3 is 6.03 Å². The summed E-state index contributed by atoms with van der Waals surface area (Å²) in [7, 11) is 0. The highest BCUT2D eigenvalue weighted by Gasteiger charge is 2.42. The minimum atomic E-state index is -0.531. The third kappa shape index (κ3) is 2.36. The lowest BCUT2D eigenvalue weighted by Crippen LogP contribution is -2.49. The average Bonchev–Trinajstić information content (AvgIpc) is 2.61. The molecule has 0 fully saturated rings. The normalized spacial score (nSPS) is 18.8. The maximum absolute atomic E-state index is 11.7. The van der Waals surface area contributed by atoms with Crippen LogP contribution in [0, 0.1) is 9.12 Å². The minimum absolute atomic E-state index is 0.291. The molecule has 0 aliphatic carbocycles. The standard InChI is InChI=1S/C12H18IN5O2/c1-12(2,3)8-7-6(10(14)19)9(13)16-18(7)5-4-17(8)11(15)20/h8H,4-5H2,1-3H3,(H2,14,19)(H2,15,20). The van der Waals surface area contributed by atoms with E-state index < -0.39 is 11.9 Å². The summed E-state index contributed by atoms with van der Waals surface area (Å²) >= 11 is 1.99. The number of carbonyl (C=O) groups excluding carboxylic acids is 2. The van der Waals surface area contributed by atoms with Crippen molar-refractivity contribution in [3.8, 4) is 0 Å². The first-order chi connectivity index (χ1) is 9.14. The van der Waals surface area contributed by atoms with Crippen LogP contribution in [0.5, 0.6) is 0 Å². The number of aromatic nitrogens is 2. The van der Waals surface area contributed by atoms with Gasteiger partial charge in [-0.1, -0.05) is 20.8 Å². The van der Waals surface area contributed by atoms with Crippen LogP contribution < -0.4 is 11.5 Å². The molecule has 110 valence electrons. The van der Waals surface area contributed by atoms with Gasteiger partial charge in [0.25, 0.3) is 5.91 Å². The molecule has 20 heavy (non-hydrogen) atoms. The second kappa shape index (κ2) is 4.90. The molecule has 1 aliphatic heterocycles. The summed E-state index contributed by atoms with van der Waals surface area (Å²) < 4.78 is 2.32. The predicted octanol–water partition coefficient (Wildman–Crippen LogP) is 1.07. The molecule has 1 aliphatic rings. The zero-order valence-corrected chi connectivity index (χ0v) is 13.8. The lowest BCUT2D eigenvalue weighted by atomic mass is 9.81. The summed E-state index contributed by atoms with van der Waals surface area (Å²) in [6.45, 7) is 6.96. The van der Waals surface area contributed by atoms with Crippen molar-refractivity contribution >= 4 is 34.5 Å². The van der Waals surface area contributed by atoms with Gasteiger partial charge in [-0.05, 0) is 28.0 Å². The number of fused-ring (bicyclic) bond motifs is 1. The quantitative estimate of drug-likeness (QED) is 0.700. The number of rotatable bonds is 1. The van der Waals surface area contributed by atoms with E-state index in [9.17, 15) is 9.59 Å². The number of hydrogen-bond donors (Lipinski definition) is 2. The number of amides is 3. The first-order valence-corrected chi connectivity index (χ1v) is 7.34. The minimum Gasteiger partial charge on any atom is -0.365 e. The monoisotopic (exact) mass is 391 g/mol. The van der Waals surface area contributed by atoms with Crippen molar-refractivity contribution in [3.05, 3.63) is 15.0 Å². The largest absolute Gasteiger partial charge is 0.365 e. The number of carbonyl (C=O) groups is 2. The van der Waals surface area contributed by atoms with E-state index in [1.807, 2.05) is 43.4 Å². The highest BCUT2D eigenvalue weighted by Crippen LogP contribution is 2.42. The number of hydrogen-bond acceptors (Lipinski definition) is 3. The molecule has 0 spiro atoms. The van der Waals surface area contributed by atoms with E-state index >= 15 is 0 Å². The molecule has 0 aromatic carbocycles. The summed E-state index contributed by atoms with van der Waals surface area (Å²) in [6, 6.07) is -0.824. The molecule has 3 amide bonds. The fourth-order valence-corrected chi connectivity index (χ4v) is 3.52. The van der Waals surface area contributed by atoms with E-state index in [1.165, 1.54) is 0 Å². The van der Waals surface area contributed by atoms with Crippen LogP contribution in [0.15, 0.2) is 0 Å². The Morgan fingerprint density at radius 2 is 1.90 bits per heavy atom. The smallest absolute Gasteiger partial charge is 0.315 e. The van der Waals surface area contributed by atoms with Crippen LogP contribution in [-0.2, 0) is 6.54 Å². The Morgan fingerprint density at radius 1 is 1.30 bits per heavy atom. The molecule has 1 aromatic heterocycles. The zero-order chi connectivity index (χ0) is 15.2. The van der Waals surface area contributed by atoms with Crippen LogP contribution in [0.1, 0.15) is 42.9 Å². The van der Waals surface area contributed by atoms with Gasteiger partial charge in [0.2, 0.25) is 0 Å². The molecular weight excluding hydrogens is 373 g/mol. The molecule has 7 nitrogen and oxygen atoms in total. The van der Waals surface area contributed by atoms with Crippen LogP contribution in [0.3, 0.4) is 0 Å². The molecule has 1 aromatic rings. The molecule has 0 saturated heterocycles. The van der Waals surface area contributed by atoms with E-state index in [1.54, 1.807) is 9.58 Å². The van der Waals surface area contributed by atoms with Crippen molar-refractivity contribution in [1.29, 1.82) is 0 Å². The molecule has 1 unspecified atom stereocenters. The van der Waals surface area contributed by atoms with Gasteiger partial charge in [-0.3, -0.25) is 9.48 Å². The lowest BCUT2D eigenvalue weighted by Gasteiger charge is -2.42. The molecule has 0 radical (unpaired) electrons. The maximum atomic E-state index is 11.7. The van der Waals surface area contributed by atoms with E-state index in [0.717, 1.165) is 0 Å². The third-order valence-corrected chi connectivity index (χ3v) is 4.18. The Morgan fingerprint density at radius 3 is 2.35 bits per heavy atom. The van der Waals surface area contributed by atoms with Crippen molar-refractivity contribution in [3.63, 3.8) is 0 Å². The predicted molar refractivity (Wildman–Crippen MR) is 81.9 cm³/mol. The third-order valence-electron chi connectivity index (χ3n) is 3.42. The summed E-state index contributed by atoms with van der Waals surface area (Å²) in [5.74, 6) is -0.531. The van der Waals surface area contributed by atoms with Gasteiger partial charge in [0, 0.05) is 6.54 Å².